The maximum absolute atomic E-state index is 12.2. The highest BCUT2D eigenvalue weighted by molar-refractivity contribution is 9.11. The third-order valence-corrected chi connectivity index (χ3v) is 8.07. The fourth-order valence-corrected chi connectivity index (χ4v) is 7.52. The molecule has 1 aromatic rings. The van der Waals surface area contributed by atoms with Crippen molar-refractivity contribution in [3.05, 3.63) is 14.7 Å². The lowest BCUT2D eigenvalue weighted by Gasteiger charge is -2.22. The Morgan fingerprint density at radius 3 is 2.68 bits per heavy atom. The molecule has 9 heteroatoms. The van der Waals surface area contributed by atoms with Gasteiger partial charge in [0.2, 0.25) is 10.0 Å². The van der Waals surface area contributed by atoms with Crippen molar-refractivity contribution in [2.45, 2.75) is 30.7 Å². The molecule has 2 heterocycles. The minimum absolute atomic E-state index is 0.114. The molecule has 1 saturated heterocycles. The highest BCUT2D eigenvalue weighted by atomic mass is 79.9. The predicted octanol–water partition coefficient (Wildman–Crippen LogP) is 1.67. The molecule has 1 fully saturated rings. The molecule has 1 aliphatic heterocycles. The Balaban J connectivity index is 2.20. The van der Waals surface area contributed by atoms with Gasteiger partial charge in [0.05, 0.1) is 20.2 Å². The van der Waals surface area contributed by atoms with Crippen LogP contribution in [-0.4, -0.2) is 34.4 Å². The van der Waals surface area contributed by atoms with Gasteiger partial charge in [-0.2, -0.15) is 0 Å². The highest BCUT2D eigenvalue weighted by Gasteiger charge is 2.29. The van der Waals surface area contributed by atoms with Crippen molar-refractivity contribution in [1.29, 1.82) is 0 Å². The summed E-state index contributed by atoms with van der Waals surface area (Å²) in [4.78, 5) is 0.894. The molecule has 5 nitrogen and oxygen atoms in total. The summed E-state index contributed by atoms with van der Waals surface area (Å²) in [7, 11) is -6.78. The fourth-order valence-electron chi connectivity index (χ4n) is 2.10. The van der Waals surface area contributed by atoms with Crippen molar-refractivity contribution in [2.75, 3.05) is 11.5 Å². The Morgan fingerprint density at radius 2 is 2.16 bits per heavy atom. The molecule has 0 bridgehead atoms. The third kappa shape index (κ3) is 3.78. The van der Waals surface area contributed by atoms with E-state index in [1.54, 1.807) is 13.0 Å². The van der Waals surface area contributed by atoms with E-state index in [1.165, 1.54) is 11.3 Å². The third-order valence-electron chi connectivity index (χ3n) is 2.92. The van der Waals surface area contributed by atoms with E-state index in [1.807, 2.05) is 0 Å². The van der Waals surface area contributed by atoms with Gasteiger partial charge < -0.3 is 0 Å². The van der Waals surface area contributed by atoms with Crippen LogP contribution in [0.3, 0.4) is 0 Å². The number of hydrogen-bond acceptors (Lipinski definition) is 5. The summed E-state index contributed by atoms with van der Waals surface area (Å²) in [6, 6.07) is 1.02. The quantitative estimate of drug-likeness (QED) is 0.854. The summed E-state index contributed by atoms with van der Waals surface area (Å²) in [5.74, 6) is 0.0326. The zero-order valence-electron chi connectivity index (χ0n) is 10.2. The molecule has 0 spiro atoms. The molecule has 0 aromatic carbocycles. The molecule has 1 N–H and O–H groups in total. The van der Waals surface area contributed by atoms with E-state index in [4.69, 9.17) is 0 Å². The number of aryl methyl sites for hydroxylation is 1. The molecule has 108 valence electrons. The van der Waals surface area contributed by atoms with E-state index in [0.717, 1.165) is 3.79 Å². The minimum atomic E-state index is -3.65. The Morgan fingerprint density at radius 1 is 1.47 bits per heavy atom. The first-order chi connectivity index (χ1) is 8.70. The lowest BCUT2D eigenvalue weighted by molar-refractivity contribution is 0.517. The molecule has 19 heavy (non-hydrogen) atoms. The van der Waals surface area contributed by atoms with Crippen LogP contribution >= 0.6 is 27.3 Å². The molecule has 0 saturated carbocycles. The van der Waals surface area contributed by atoms with Crippen molar-refractivity contribution < 1.29 is 16.8 Å². The number of halogens is 1. The van der Waals surface area contributed by atoms with Gasteiger partial charge in [-0.25, -0.2) is 21.6 Å². The van der Waals surface area contributed by atoms with E-state index in [0.29, 0.717) is 17.7 Å². The lowest BCUT2D eigenvalue weighted by atomic mass is 10.2. The van der Waals surface area contributed by atoms with Crippen LogP contribution in [0.15, 0.2) is 14.7 Å². The number of hydrogen-bond donors (Lipinski definition) is 1. The molecule has 0 aliphatic carbocycles. The van der Waals surface area contributed by atoms with E-state index in [-0.39, 0.29) is 16.4 Å². The standard InChI is InChI=1S/C10H14BrNO4S3/c1-7-9(5-10(11)17-7)19(15,16)12-8-3-2-4-18(13,14)6-8/h5,8,12H,2-4,6H2,1H3. The van der Waals surface area contributed by atoms with Gasteiger partial charge in [0.15, 0.2) is 9.84 Å². The first kappa shape index (κ1) is 15.4. The Bertz CT molecular complexity index is 678. The molecule has 0 amide bonds. The van der Waals surface area contributed by atoms with Crippen LogP contribution < -0.4 is 4.72 Å². The summed E-state index contributed by atoms with van der Waals surface area (Å²) in [6.45, 7) is 1.72. The van der Waals surface area contributed by atoms with Gasteiger partial charge in [0.1, 0.15) is 0 Å². The number of nitrogens with one attached hydrogen (secondary N) is 1. The minimum Gasteiger partial charge on any atom is -0.229 e. The van der Waals surface area contributed by atoms with Gasteiger partial charge in [-0.1, -0.05) is 0 Å². The number of sulfonamides is 1. The van der Waals surface area contributed by atoms with Crippen LogP contribution in [0.25, 0.3) is 0 Å². The maximum Gasteiger partial charge on any atom is 0.241 e. The van der Waals surface area contributed by atoms with Gasteiger partial charge >= 0.3 is 0 Å². The number of rotatable bonds is 3. The normalized spacial score (nSPS) is 23.4. The first-order valence-corrected chi connectivity index (χ1v) is 10.6. The van der Waals surface area contributed by atoms with Crippen LogP contribution in [0.1, 0.15) is 17.7 Å². The second-order valence-electron chi connectivity index (χ2n) is 4.55. The fraction of sp³-hybridized carbons (Fsp3) is 0.600. The van der Waals surface area contributed by atoms with Crippen LogP contribution in [-0.2, 0) is 19.9 Å². The average Bonchev–Trinajstić information content (AvgIpc) is 2.56. The van der Waals surface area contributed by atoms with Gasteiger partial charge in [0, 0.05) is 10.9 Å². The zero-order valence-corrected chi connectivity index (χ0v) is 14.3. The summed E-state index contributed by atoms with van der Waals surface area (Å²) in [6.07, 6.45) is 1.06. The van der Waals surface area contributed by atoms with Crippen molar-refractivity contribution in [3.63, 3.8) is 0 Å². The molecule has 0 radical (unpaired) electrons. The second kappa shape index (κ2) is 5.44. The topological polar surface area (TPSA) is 80.3 Å². The highest BCUT2D eigenvalue weighted by Crippen LogP contribution is 2.30. The first-order valence-electron chi connectivity index (χ1n) is 5.68. The van der Waals surface area contributed by atoms with Crippen molar-refractivity contribution in [1.82, 2.24) is 4.72 Å². The molecule has 1 atom stereocenters. The molecule has 1 aliphatic rings. The lowest BCUT2D eigenvalue weighted by Crippen LogP contribution is -2.43. The van der Waals surface area contributed by atoms with Gasteiger partial charge in [-0.15, -0.1) is 11.3 Å². The Labute approximate surface area is 125 Å². The van der Waals surface area contributed by atoms with E-state index in [9.17, 15) is 16.8 Å². The largest absolute Gasteiger partial charge is 0.241 e. The van der Waals surface area contributed by atoms with Crippen LogP contribution in [0.5, 0.6) is 0 Å². The van der Waals surface area contributed by atoms with Crippen LogP contribution in [0.4, 0.5) is 0 Å². The molecular weight excluding hydrogens is 374 g/mol. The van der Waals surface area contributed by atoms with E-state index in [2.05, 4.69) is 20.7 Å². The second-order valence-corrected chi connectivity index (χ2v) is 11.1. The summed E-state index contributed by atoms with van der Waals surface area (Å²) >= 11 is 4.59. The van der Waals surface area contributed by atoms with E-state index < -0.39 is 25.9 Å². The van der Waals surface area contributed by atoms with Gasteiger partial charge in [0.25, 0.3) is 0 Å². The molecular formula is C10H14BrNO4S3. The summed E-state index contributed by atoms with van der Waals surface area (Å²) in [5.41, 5.74) is 0. The maximum atomic E-state index is 12.2. The van der Waals surface area contributed by atoms with Crippen LogP contribution in [0, 0.1) is 6.92 Å². The Kier molecular flexibility index (Phi) is 4.41. The van der Waals surface area contributed by atoms with Crippen molar-refractivity contribution >= 4 is 47.1 Å². The number of sulfone groups is 1. The Hall–Kier alpha value is 0.0400. The van der Waals surface area contributed by atoms with Crippen molar-refractivity contribution in [2.24, 2.45) is 0 Å². The molecule has 1 unspecified atom stereocenters. The van der Waals surface area contributed by atoms with Crippen LogP contribution in [0.2, 0.25) is 0 Å². The summed E-state index contributed by atoms with van der Waals surface area (Å²) in [5, 5.41) is 0. The van der Waals surface area contributed by atoms with E-state index >= 15 is 0 Å². The van der Waals surface area contributed by atoms with Gasteiger partial charge in [-0.3, -0.25) is 0 Å². The average molecular weight is 388 g/mol. The predicted molar refractivity (Wildman–Crippen MR) is 78.8 cm³/mol. The smallest absolute Gasteiger partial charge is 0.229 e. The number of thiophene rings is 1. The van der Waals surface area contributed by atoms with Crippen molar-refractivity contribution in [3.8, 4) is 0 Å². The summed E-state index contributed by atoms with van der Waals surface area (Å²) < 4.78 is 50.7. The SMILES string of the molecule is Cc1sc(Br)cc1S(=O)(=O)NC1CCCS(=O)(=O)C1. The molecule has 1 aromatic heterocycles. The zero-order chi connectivity index (χ0) is 14.3. The monoisotopic (exact) mass is 387 g/mol. The molecule has 2 rings (SSSR count). The van der Waals surface area contributed by atoms with Gasteiger partial charge in [-0.05, 0) is 41.8 Å².